The van der Waals surface area contributed by atoms with Gasteiger partial charge in [-0.05, 0) is 0 Å². The van der Waals surface area contributed by atoms with Gasteiger partial charge in [0.25, 0.3) is 5.56 Å². The van der Waals surface area contributed by atoms with E-state index in [1.54, 1.807) is 0 Å². The lowest BCUT2D eigenvalue weighted by atomic mass is 10.3. The molecule has 0 aliphatic rings. The Bertz CT molecular complexity index is 512. The average molecular weight is 213 g/mol. The van der Waals surface area contributed by atoms with Gasteiger partial charge in [-0.15, -0.1) is 0 Å². The Balaban J connectivity index is 3.60. The molecule has 1 heterocycles. The first-order valence-electron chi connectivity index (χ1n) is 4.06. The molecule has 82 valence electrons. The van der Waals surface area contributed by atoms with E-state index in [0.29, 0.717) is 0 Å². The molecule has 1 aromatic rings. The summed E-state index contributed by atoms with van der Waals surface area (Å²) in [7, 11) is 3.97. The minimum atomic E-state index is -0.628. The molecule has 0 fully saturated rings. The van der Waals surface area contributed by atoms with Crippen molar-refractivity contribution in [2.24, 2.45) is 19.3 Å². The monoisotopic (exact) mass is 213 g/mol. The van der Waals surface area contributed by atoms with E-state index >= 15 is 0 Å². The van der Waals surface area contributed by atoms with Gasteiger partial charge in [-0.1, -0.05) is 5.16 Å². The van der Waals surface area contributed by atoms with E-state index < -0.39 is 17.1 Å². The minimum Gasteiger partial charge on any atom is -0.494 e. The molecule has 0 aromatic carbocycles. The van der Waals surface area contributed by atoms with Crippen LogP contribution in [0.1, 0.15) is 5.56 Å². The van der Waals surface area contributed by atoms with Gasteiger partial charge in [0.2, 0.25) is 5.88 Å². The van der Waals surface area contributed by atoms with Gasteiger partial charge in [-0.2, -0.15) is 0 Å². The third-order valence-corrected chi connectivity index (χ3v) is 1.95. The SMILES string of the molecule is CO/N=C/c1c(O)n(C)c(=O)n(C)c1=O. The maximum absolute atomic E-state index is 11.5. The van der Waals surface area contributed by atoms with Crippen molar-refractivity contribution in [1.29, 1.82) is 0 Å². The van der Waals surface area contributed by atoms with Crippen molar-refractivity contribution in [3.05, 3.63) is 26.4 Å². The van der Waals surface area contributed by atoms with Crippen molar-refractivity contribution in [3.8, 4) is 5.88 Å². The van der Waals surface area contributed by atoms with E-state index in [1.165, 1.54) is 21.2 Å². The van der Waals surface area contributed by atoms with Crippen LogP contribution in [0.3, 0.4) is 0 Å². The minimum absolute atomic E-state index is 0.0959. The fourth-order valence-corrected chi connectivity index (χ4v) is 1.08. The summed E-state index contributed by atoms with van der Waals surface area (Å²) >= 11 is 0. The Hall–Kier alpha value is -2.05. The molecule has 0 aliphatic heterocycles. The Morgan fingerprint density at radius 1 is 1.33 bits per heavy atom. The third kappa shape index (κ3) is 1.76. The molecule has 0 saturated carbocycles. The summed E-state index contributed by atoms with van der Waals surface area (Å²) in [6, 6.07) is 0. The highest BCUT2D eigenvalue weighted by Crippen LogP contribution is 2.05. The van der Waals surface area contributed by atoms with Crippen LogP contribution in [-0.2, 0) is 18.9 Å². The number of hydrogen-bond donors (Lipinski definition) is 1. The lowest BCUT2D eigenvalue weighted by Crippen LogP contribution is -2.38. The second-order valence-electron chi connectivity index (χ2n) is 2.86. The highest BCUT2D eigenvalue weighted by molar-refractivity contribution is 5.81. The molecule has 0 spiro atoms. The molecule has 7 heteroatoms. The topological polar surface area (TPSA) is 85.8 Å². The van der Waals surface area contributed by atoms with E-state index in [2.05, 4.69) is 9.99 Å². The van der Waals surface area contributed by atoms with Crippen LogP contribution in [0.25, 0.3) is 0 Å². The summed E-state index contributed by atoms with van der Waals surface area (Å²) < 4.78 is 1.81. The maximum atomic E-state index is 11.5. The second-order valence-corrected chi connectivity index (χ2v) is 2.86. The van der Waals surface area contributed by atoms with E-state index in [9.17, 15) is 14.7 Å². The highest BCUT2D eigenvalue weighted by Gasteiger charge is 2.12. The number of nitrogens with zero attached hydrogens (tertiary/aromatic N) is 3. The van der Waals surface area contributed by atoms with Gasteiger partial charge >= 0.3 is 5.69 Å². The molecule has 15 heavy (non-hydrogen) atoms. The lowest BCUT2D eigenvalue weighted by Gasteiger charge is -2.06. The third-order valence-electron chi connectivity index (χ3n) is 1.95. The number of aromatic hydroxyl groups is 1. The molecule has 1 N–H and O–H groups in total. The van der Waals surface area contributed by atoms with E-state index in [0.717, 1.165) is 15.3 Å². The summed E-state index contributed by atoms with van der Waals surface area (Å²) in [5, 5.41) is 12.9. The van der Waals surface area contributed by atoms with Crippen LogP contribution in [0.15, 0.2) is 14.7 Å². The van der Waals surface area contributed by atoms with Gasteiger partial charge in [-0.25, -0.2) is 4.79 Å². The summed E-state index contributed by atoms with van der Waals surface area (Å²) in [5.74, 6) is -0.441. The van der Waals surface area contributed by atoms with Gasteiger partial charge < -0.3 is 9.94 Å². The molecule has 0 unspecified atom stereocenters. The molecule has 1 aromatic heterocycles. The molecular formula is C8H11N3O4. The molecule has 0 atom stereocenters. The van der Waals surface area contributed by atoms with Crippen LogP contribution < -0.4 is 11.2 Å². The molecule has 0 aliphatic carbocycles. The largest absolute Gasteiger partial charge is 0.494 e. The van der Waals surface area contributed by atoms with E-state index in [4.69, 9.17) is 0 Å². The molecule has 0 amide bonds. The molecular weight excluding hydrogens is 202 g/mol. The molecule has 0 bridgehead atoms. The van der Waals surface area contributed by atoms with Gasteiger partial charge in [-0.3, -0.25) is 13.9 Å². The normalized spacial score (nSPS) is 10.9. The fraction of sp³-hybridized carbons (Fsp3) is 0.375. The number of oxime groups is 1. The zero-order valence-corrected chi connectivity index (χ0v) is 8.59. The quantitative estimate of drug-likeness (QED) is 0.492. The summed E-state index contributed by atoms with van der Waals surface area (Å²) in [6.07, 6.45) is 1.05. The van der Waals surface area contributed by atoms with Crippen LogP contribution in [-0.4, -0.2) is 27.6 Å². The molecule has 0 saturated heterocycles. The second kappa shape index (κ2) is 3.99. The van der Waals surface area contributed by atoms with Crippen molar-refractivity contribution in [3.63, 3.8) is 0 Å². The van der Waals surface area contributed by atoms with Gasteiger partial charge in [0.15, 0.2) is 0 Å². The van der Waals surface area contributed by atoms with Crippen molar-refractivity contribution in [2.45, 2.75) is 0 Å². The average Bonchev–Trinajstić information content (AvgIpc) is 2.24. The van der Waals surface area contributed by atoms with Crippen LogP contribution in [0.4, 0.5) is 0 Å². The Kier molecular flexibility index (Phi) is 2.93. The maximum Gasteiger partial charge on any atom is 0.333 e. The van der Waals surface area contributed by atoms with Crippen molar-refractivity contribution in [1.82, 2.24) is 9.13 Å². The van der Waals surface area contributed by atoms with Crippen LogP contribution in [0.2, 0.25) is 0 Å². The van der Waals surface area contributed by atoms with Gasteiger partial charge in [0.1, 0.15) is 12.7 Å². The Labute approximate surface area is 84.8 Å². The van der Waals surface area contributed by atoms with Gasteiger partial charge in [0, 0.05) is 14.1 Å². The predicted octanol–water partition coefficient (Wildman–Crippen LogP) is -1.23. The Morgan fingerprint density at radius 2 is 1.93 bits per heavy atom. The molecule has 1 rings (SSSR count). The first-order chi connectivity index (χ1) is 7.00. The van der Waals surface area contributed by atoms with Crippen LogP contribution in [0, 0.1) is 0 Å². The zero-order chi connectivity index (χ0) is 11.6. The number of hydrogen-bond acceptors (Lipinski definition) is 5. The molecule has 0 radical (unpaired) electrons. The summed E-state index contributed by atoms with van der Waals surface area (Å²) in [6.45, 7) is 0. The van der Waals surface area contributed by atoms with Crippen molar-refractivity contribution >= 4 is 6.21 Å². The fourth-order valence-electron chi connectivity index (χ4n) is 1.08. The van der Waals surface area contributed by atoms with E-state index in [-0.39, 0.29) is 5.56 Å². The summed E-state index contributed by atoms with van der Waals surface area (Å²) in [4.78, 5) is 27.2. The van der Waals surface area contributed by atoms with Gasteiger partial charge in [0.05, 0.1) is 6.21 Å². The van der Waals surface area contributed by atoms with Crippen molar-refractivity contribution in [2.75, 3.05) is 7.11 Å². The van der Waals surface area contributed by atoms with Crippen molar-refractivity contribution < 1.29 is 9.94 Å². The number of aromatic nitrogens is 2. The molecule has 7 nitrogen and oxygen atoms in total. The smallest absolute Gasteiger partial charge is 0.333 e. The van der Waals surface area contributed by atoms with Crippen LogP contribution >= 0.6 is 0 Å². The standard InChI is InChI=1S/C8H11N3O4/c1-10-6(12)5(4-9-15-3)7(13)11(2)8(10)14/h4,12H,1-3H3/b9-4+. The summed E-state index contributed by atoms with van der Waals surface area (Å²) in [5.41, 5.74) is -1.33. The first-order valence-corrected chi connectivity index (χ1v) is 4.06. The number of rotatable bonds is 2. The Morgan fingerprint density at radius 3 is 2.47 bits per heavy atom. The van der Waals surface area contributed by atoms with E-state index in [1.807, 2.05) is 0 Å². The first kappa shape index (κ1) is 11.0. The highest BCUT2D eigenvalue weighted by atomic mass is 16.6. The zero-order valence-electron chi connectivity index (χ0n) is 8.59. The predicted molar refractivity (Wildman–Crippen MR) is 53.2 cm³/mol. The lowest BCUT2D eigenvalue weighted by molar-refractivity contribution is 0.215. The van der Waals surface area contributed by atoms with Crippen LogP contribution in [0.5, 0.6) is 5.88 Å².